The normalized spacial score (nSPS) is 20.9. The molecule has 4 heterocycles. The molecule has 0 N–H and O–H groups in total. The Hall–Kier alpha value is -2.28. The van der Waals surface area contributed by atoms with Crippen LogP contribution in [0.1, 0.15) is 57.7 Å². The lowest BCUT2D eigenvalue weighted by Gasteiger charge is -2.32. The minimum atomic E-state index is 0.00512. The van der Waals surface area contributed by atoms with Gasteiger partial charge in [-0.25, -0.2) is 9.97 Å². The van der Waals surface area contributed by atoms with Crippen molar-refractivity contribution in [3.05, 3.63) is 40.3 Å². The Morgan fingerprint density at radius 1 is 1.31 bits per heavy atom. The fourth-order valence-electron chi connectivity index (χ4n) is 3.99. The molecule has 0 aromatic carbocycles. The monoisotopic (exact) mass is 355 g/mol. The highest BCUT2D eigenvalue weighted by atomic mass is 16.5. The third kappa shape index (κ3) is 3.11. The lowest BCUT2D eigenvalue weighted by Crippen LogP contribution is -2.40. The van der Waals surface area contributed by atoms with Crippen molar-refractivity contribution in [2.45, 2.75) is 45.6 Å². The zero-order chi connectivity index (χ0) is 18.3. The van der Waals surface area contributed by atoms with E-state index in [2.05, 4.69) is 22.1 Å². The highest BCUT2D eigenvalue weighted by Crippen LogP contribution is 2.28. The summed E-state index contributed by atoms with van der Waals surface area (Å²) in [6, 6.07) is 0. The van der Waals surface area contributed by atoms with Gasteiger partial charge >= 0.3 is 0 Å². The van der Waals surface area contributed by atoms with Gasteiger partial charge in [-0.05, 0) is 33.7 Å². The van der Waals surface area contributed by atoms with Gasteiger partial charge < -0.3 is 14.3 Å². The first-order chi connectivity index (χ1) is 12.5. The molecule has 26 heavy (non-hydrogen) atoms. The Bertz CT molecular complexity index is 812. The van der Waals surface area contributed by atoms with Crippen LogP contribution < -0.4 is 0 Å². The molecule has 1 fully saturated rings. The first-order valence-electron chi connectivity index (χ1n) is 9.28. The van der Waals surface area contributed by atoms with Crippen molar-refractivity contribution in [3.8, 4) is 0 Å². The number of hydrogen-bond acceptors (Lipinski definition) is 6. The summed E-state index contributed by atoms with van der Waals surface area (Å²) in [7, 11) is 2.12. The summed E-state index contributed by atoms with van der Waals surface area (Å²) in [5, 5.41) is 3.91. The third-order valence-corrected chi connectivity index (χ3v) is 5.46. The fraction of sp³-hybridized carbons (Fsp3) is 0.579. The number of likely N-dealkylation sites (tertiary alicyclic amines) is 1. The van der Waals surface area contributed by atoms with Crippen LogP contribution in [0.25, 0.3) is 0 Å². The predicted octanol–water partition coefficient (Wildman–Crippen LogP) is 2.09. The molecular formula is C19H25N5O2. The maximum absolute atomic E-state index is 12.9. The van der Waals surface area contributed by atoms with E-state index in [9.17, 15) is 4.79 Å². The van der Waals surface area contributed by atoms with Crippen molar-refractivity contribution < 1.29 is 9.32 Å². The Morgan fingerprint density at radius 3 is 2.92 bits per heavy atom. The molecule has 4 rings (SSSR count). The van der Waals surface area contributed by atoms with Gasteiger partial charge in [-0.1, -0.05) is 5.16 Å². The molecule has 1 saturated heterocycles. The smallest absolute Gasteiger partial charge is 0.259 e. The minimum Gasteiger partial charge on any atom is -0.361 e. The first-order valence-corrected chi connectivity index (χ1v) is 9.28. The van der Waals surface area contributed by atoms with Gasteiger partial charge in [0.15, 0.2) is 0 Å². The number of hydrogen-bond donors (Lipinski definition) is 0. The SMILES string of the molecule is Cc1noc(C)c1C(=O)N1CCC[C@H](c2ncc3c(n2)CCN(C)C3)C1. The molecule has 2 aromatic heterocycles. The number of aryl methyl sites for hydroxylation is 2. The molecule has 7 heteroatoms. The van der Waals surface area contributed by atoms with Crippen LogP contribution in [0, 0.1) is 13.8 Å². The van der Waals surface area contributed by atoms with Crippen LogP contribution in [0.2, 0.25) is 0 Å². The molecule has 138 valence electrons. The van der Waals surface area contributed by atoms with Gasteiger partial charge in [-0.2, -0.15) is 0 Å². The second-order valence-electron chi connectivity index (χ2n) is 7.48. The van der Waals surface area contributed by atoms with Crippen LogP contribution in [-0.2, 0) is 13.0 Å². The van der Waals surface area contributed by atoms with Crippen molar-refractivity contribution in [2.24, 2.45) is 0 Å². The van der Waals surface area contributed by atoms with Crippen LogP contribution in [0.5, 0.6) is 0 Å². The summed E-state index contributed by atoms with van der Waals surface area (Å²) in [5.41, 5.74) is 3.65. The number of piperidine rings is 1. The third-order valence-electron chi connectivity index (χ3n) is 5.46. The average molecular weight is 355 g/mol. The molecule has 2 aromatic rings. The Labute approximate surface area is 153 Å². The minimum absolute atomic E-state index is 0.00512. The van der Waals surface area contributed by atoms with E-state index in [1.54, 1.807) is 6.92 Å². The van der Waals surface area contributed by atoms with E-state index in [-0.39, 0.29) is 11.8 Å². The summed E-state index contributed by atoms with van der Waals surface area (Å²) >= 11 is 0. The molecule has 0 radical (unpaired) electrons. The lowest BCUT2D eigenvalue weighted by atomic mass is 9.95. The zero-order valence-electron chi connectivity index (χ0n) is 15.7. The number of rotatable bonds is 2. The van der Waals surface area contributed by atoms with E-state index in [1.807, 2.05) is 18.0 Å². The summed E-state index contributed by atoms with van der Waals surface area (Å²) < 4.78 is 5.16. The van der Waals surface area contributed by atoms with Gasteiger partial charge in [0.05, 0.1) is 5.69 Å². The van der Waals surface area contributed by atoms with Crippen LogP contribution in [0.4, 0.5) is 0 Å². The number of carbonyl (C=O) groups excluding carboxylic acids is 1. The van der Waals surface area contributed by atoms with Crippen molar-refractivity contribution in [2.75, 3.05) is 26.7 Å². The first kappa shape index (κ1) is 17.1. The van der Waals surface area contributed by atoms with Crippen LogP contribution >= 0.6 is 0 Å². The van der Waals surface area contributed by atoms with Gasteiger partial charge in [-0.3, -0.25) is 4.79 Å². The number of fused-ring (bicyclic) bond motifs is 1. The molecule has 2 aliphatic rings. The van der Waals surface area contributed by atoms with Crippen molar-refractivity contribution in [3.63, 3.8) is 0 Å². The predicted molar refractivity (Wildman–Crippen MR) is 95.9 cm³/mol. The fourth-order valence-corrected chi connectivity index (χ4v) is 3.99. The highest BCUT2D eigenvalue weighted by Gasteiger charge is 2.30. The standard InChI is InChI=1S/C19H25N5O2/c1-12-17(13(2)26-22-12)19(25)24-7-4-5-14(11-24)18-20-9-15-10-23(3)8-6-16(15)21-18/h9,14H,4-8,10-11H2,1-3H3/t14-/m0/s1. The summed E-state index contributed by atoms with van der Waals surface area (Å²) in [4.78, 5) is 26.6. The molecule has 7 nitrogen and oxygen atoms in total. The molecule has 0 spiro atoms. The topological polar surface area (TPSA) is 75.4 Å². The molecule has 2 aliphatic heterocycles. The van der Waals surface area contributed by atoms with Crippen molar-refractivity contribution in [1.29, 1.82) is 0 Å². The van der Waals surface area contributed by atoms with Crippen LogP contribution in [0.3, 0.4) is 0 Å². The number of aromatic nitrogens is 3. The number of carbonyl (C=O) groups is 1. The van der Waals surface area contributed by atoms with E-state index in [1.165, 1.54) is 11.3 Å². The Balaban J connectivity index is 1.53. The zero-order valence-corrected chi connectivity index (χ0v) is 15.7. The summed E-state index contributed by atoms with van der Waals surface area (Å²) in [6.07, 6.45) is 4.92. The molecule has 1 atom stereocenters. The van der Waals surface area contributed by atoms with Crippen LogP contribution in [0.15, 0.2) is 10.7 Å². The van der Waals surface area contributed by atoms with E-state index < -0.39 is 0 Å². The maximum Gasteiger partial charge on any atom is 0.259 e. The molecule has 0 saturated carbocycles. The molecule has 0 aliphatic carbocycles. The van der Waals surface area contributed by atoms with E-state index in [0.717, 1.165) is 44.7 Å². The summed E-state index contributed by atoms with van der Waals surface area (Å²) in [6.45, 7) is 6.96. The van der Waals surface area contributed by atoms with Crippen molar-refractivity contribution >= 4 is 5.91 Å². The lowest BCUT2D eigenvalue weighted by molar-refractivity contribution is 0.0702. The number of nitrogens with zero attached hydrogens (tertiary/aromatic N) is 5. The van der Waals surface area contributed by atoms with Gasteiger partial charge in [0, 0.05) is 56.0 Å². The van der Waals surface area contributed by atoms with Crippen molar-refractivity contribution in [1.82, 2.24) is 24.9 Å². The largest absolute Gasteiger partial charge is 0.361 e. The highest BCUT2D eigenvalue weighted by molar-refractivity contribution is 5.96. The average Bonchev–Trinajstić information content (AvgIpc) is 2.99. The van der Waals surface area contributed by atoms with Crippen LogP contribution in [-0.4, -0.2) is 57.5 Å². The van der Waals surface area contributed by atoms with E-state index >= 15 is 0 Å². The Kier molecular flexibility index (Phi) is 4.48. The number of likely N-dealkylation sites (N-methyl/N-ethyl adjacent to an activating group) is 1. The van der Waals surface area contributed by atoms with Gasteiger partial charge in [-0.15, -0.1) is 0 Å². The molecular weight excluding hydrogens is 330 g/mol. The van der Waals surface area contributed by atoms with Gasteiger partial charge in [0.25, 0.3) is 5.91 Å². The maximum atomic E-state index is 12.9. The van der Waals surface area contributed by atoms with Gasteiger partial charge in [0.1, 0.15) is 17.1 Å². The van der Waals surface area contributed by atoms with E-state index in [0.29, 0.717) is 23.6 Å². The summed E-state index contributed by atoms with van der Waals surface area (Å²) in [5.74, 6) is 1.66. The quantitative estimate of drug-likeness (QED) is 0.821. The second-order valence-corrected chi connectivity index (χ2v) is 7.48. The van der Waals surface area contributed by atoms with Gasteiger partial charge in [0.2, 0.25) is 0 Å². The Morgan fingerprint density at radius 2 is 2.15 bits per heavy atom. The van der Waals surface area contributed by atoms with E-state index in [4.69, 9.17) is 9.51 Å². The molecule has 0 unspecified atom stereocenters. The molecule has 1 amide bonds. The second kappa shape index (κ2) is 6.79. The molecule has 0 bridgehead atoms. The number of amides is 1.